The normalized spacial score (nSPS) is 20.4. The maximum atomic E-state index is 11.0. The van der Waals surface area contributed by atoms with Crippen molar-refractivity contribution in [2.75, 3.05) is 6.54 Å². The Morgan fingerprint density at radius 1 is 1.15 bits per heavy atom. The molecule has 0 aromatic carbocycles. The summed E-state index contributed by atoms with van der Waals surface area (Å²) in [6.45, 7) is 0.122. The molecule has 3 heteroatoms. The van der Waals surface area contributed by atoms with Crippen molar-refractivity contribution >= 4 is 5.91 Å². The minimum absolute atomic E-state index is 0.00873. The first-order chi connectivity index (χ1) is 6.33. The van der Waals surface area contributed by atoms with E-state index < -0.39 is 0 Å². The van der Waals surface area contributed by atoms with Crippen molar-refractivity contribution in [2.45, 2.75) is 51.0 Å². The van der Waals surface area contributed by atoms with Crippen LogP contribution in [0.3, 0.4) is 0 Å². The van der Waals surface area contributed by atoms with Crippen LogP contribution >= 0.6 is 0 Å². The third kappa shape index (κ3) is 4.27. The first-order valence-electron chi connectivity index (χ1n) is 5.32. The van der Waals surface area contributed by atoms with E-state index in [1.54, 1.807) is 0 Å². The van der Waals surface area contributed by atoms with Crippen LogP contribution in [0.2, 0.25) is 0 Å². The molecule has 0 aliphatic heterocycles. The lowest BCUT2D eigenvalue weighted by Gasteiger charge is -2.20. The number of nitrogens with two attached hydrogens (primary N) is 1. The predicted octanol–water partition coefficient (Wildman–Crippen LogP) is 1.17. The molecular weight excluding hydrogens is 164 g/mol. The van der Waals surface area contributed by atoms with Crippen molar-refractivity contribution in [3.63, 3.8) is 0 Å². The second-order valence-corrected chi connectivity index (χ2v) is 3.81. The summed E-state index contributed by atoms with van der Waals surface area (Å²) < 4.78 is 0. The topological polar surface area (TPSA) is 55.1 Å². The van der Waals surface area contributed by atoms with Gasteiger partial charge in [0.2, 0.25) is 5.91 Å². The smallest absolute Gasteiger partial charge is 0.233 e. The van der Waals surface area contributed by atoms with Crippen LogP contribution in [0.1, 0.15) is 44.9 Å². The minimum Gasteiger partial charge on any atom is -0.352 e. The Morgan fingerprint density at radius 3 is 2.23 bits per heavy atom. The lowest BCUT2D eigenvalue weighted by molar-refractivity contribution is -0.120. The quantitative estimate of drug-likeness (QED) is 0.677. The van der Waals surface area contributed by atoms with E-state index in [1.807, 2.05) is 0 Å². The van der Waals surface area contributed by atoms with Gasteiger partial charge in [0.1, 0.15) is 0 Å². The Labute approximate surface area is 80.1 Å². The lowest BCUT2D eigenvalue weighted by Crippen LogP contribution is -2.39. The molecule has 0 aromatic rings. The lowest BCUT2D eigenvalue weighted by atomic mass is 9.97. The Balaban J connectivity index is 2.25. The molecule has 1 saturated carbocycles. The van der Waals surface area contributed by atoms with Gasteiger partial charge in [0.05, 0.1) is 6.54 Å². The van der Waals surface area contributed by atoms with Gasteiger partial charge in [-0.25, -0.2) is 0 Å². The van der Waals surface area contributed by atoms with E-state index in [-0.39, 0.29) is 12.5 Å². The molecule has 1 aliphatic rings. The largest absolute Gasteiger partial charge is 0.352 e. The molecule has 1 aliphatic carbocycles. The molecular formula is C10H20N2O. The molecule has 1 fully saturated rings. The number of nitrogens with one attached hydrogen (secondary N) is 1. The highest BCUT2D eigenvalue weighted by atomic mass is 16.1. The average Bonchev–Trinajstić information content (AvgIpc) is 2.09. The van der Waals surface area contributed by atoms with Crippen LogP contribution in [0.4, 0.5) is 0 Å². The SMILES string of the molecule is NCC(=O)NC1CCCCCCC1. The fourth-order valence-electron chi connectivity index (χ4n) is 1.89. The van der Waals surface area contributed by atoms with Gasteiger partial charge in [-0.15, -0.1) is 0 Å². The van der Waals surface area contributed by atoms with Crippen LogP contribution < -0.4 is 11.1 Å². The molecule has 1 amide bonds. The van der Waals surface area contributed by atoms with Crippen LogP contribution in [0.25, 0.3) is 0 Å². The summed E-state index contributed by atoms with van der Waals surface area (Å²) in [6, 6.07) is 0.386. The van der Waals surface area contributed by atoms with Gasteiger partial charge >= 0.3 is 0 Å². The van der Waals surface area contributed by atoms with E-state index in [0.29, 0.717) is 6.04 Å². The van der Waals surface area contributed by atoms with Crippen molar-refractivity contribution in [3.05, 3.63) is 0 Å². The molecule has 0 saturated heterocycles. The fraction of sp³-hybridized carbons (Fsp3) is 0.900. The molecule has 0 unspecified atom stereocenters. The van der Waals surface area contributed by atoms with E-state index >= 15 is 0 Å². The predicted molar refractivity (Wildman–Crippen MR) is 53.3 cm³/mol. The molecule has 3 nitrogen and oxygen atoms in total. The first kappa shape index (κ1) is 10.5. The van der Waals surface area contributed by atoms with Crippen molar-refractivity contribution in [1.29, 1.82) is 0 Å². The van der Waals surface area contributed by atoms with Crippen molar-refractivity contribution in [1.82, 2.24) is 5.32 Å². The number of hydrogen-bond donors (Lipinski definition) is 2. The van der Waals surface area contributed by atoms with Gasteiger partial charge < -0.3 is 11.1 Å². The van der Waals surface area contributed by atoms with E-state index in [9.17, 15) is 4.79 Å². The molecule has 0 radical (unpaired) electrons. The molecule has 1 rings (SSSR count). The van der Waals surface area contributed by atoms with Crippen molar-refractivity contribution in [2.24, 2.45) is 5.73 Å². The van der Waals surface area contributed by atoms with E-state index in [0.717, 1.165) is 12.8 Å². The molecule has 3 N–H and O–H groups in total. The second kappa shape index (κ2) is 5.97. The number of rotatable bonds is 2. The summed E-state index contributed by atoms with van der Waals surface area (Å²) in [5.74, 6) is -0.00873. The number of carbonyl (C=O) groups excluding carboxylic acids is 1. The number of carbonyl (C=O) groups is 1. The molecule has 0 heterocycles. The van der Waals surface area contributed by atoms with E-state index in [1.165, 1.54) is 32.1 Å². The summed E-state index contributed by atoms with van der Waals surface area (Å²) in [5, 5.41) is 2.97. The maximum Gasteiger partial charge on any atom is 0.233 e. The van der Waals surface area contributed by atoms with E-state index in [4.69, 9.17) is 5.73 Å². The van der Waals surface area contributed by atoms with E-state index in [2.05, 4.69) is 5.32 Å². The van der Waals surface area contributed by atoms with Gasteiger partial charge in [0.15, 0.2) is 0 Å². The molecule has 0 atom stereocenters. The molecule has 76 valence electrons. The van der Waals surface area contributed by atoms with Crippen LogP contribution in [-0.2, 0) is 4.79 Å². The van der Waals surface area contributed by atoms with Crippen LogP contribution in [-0.4, -0.2) is 18.5 Å². The first-order valence-corrected chi connectivity index (χ1v) is 5.32. The van der Waals surface area contributed by atoms with Gasteiger partial charge in [-0.05, 0) is 12.8 Å². The van der Waals surface area contributed by atoms with Crippen molar-refractivity contribution < 1.29 is 4.79 Å². The third-order valence-electron chi connectivity index (χ3n) is 2.66. The summed E-state index contributed by atoms with van der Waals surface area (Å²) >= 11 is 0. The Morgan fingerprint density at radius 2 is 1.69 bits per heavy atom. The fourth-order valence-corrected chi connectivity index (χ4v) is 1.89. The highest BCUT2D eigenvalue weighted by Gasteiger charge is 2.12. The zero-order chi connectivity index (χ0) is 9.52. The summed E-state index contributed by atoms with van der Waals surface area (Å²) in [4.78, 5) is 11.0. The number of hydrogen-bond acceptors (Lipinski definition) is 2. The Hall–Kier alpha value is -0.570. The average molecular weight is 184 g/mol. The second-order valence-electron chi connectivity index (χ2n) is 3.81. The molecule has 0 bridgehead atoms. The monoisotopic (exact) mass is 184 g/mol. The number of amides is 1. The van der Waals surface area contributed by atoms with Gasteiger partial charge in [0.25, 0.3) is 0 Å². The van der Waals surface area contributed by atoms with Gasteiger partial charge in [-0.2, -0.15) is 0 Å². The summed E-state index contributed by atoms with van der Waals surface area (Å²) in [6.07, 6.45) is 8.74. The van der Waals surface area contributed by atoms with Gasteiger partial charge in [0, 0.05) is 6.04 Å². The molecule has 13 heavy (non-hydrogen) atoms. The zero-order valence-electron chi connectivity index (χ0n) is 8.22. The zero-order valence-corrected chi connectivity index (χ0v) is 8.22. The Bertz CT molecular complexity index is 151. The minimum atomic E-state index is -0.00873. The summed E-state index contributed by atoms with van der Waals surface area (Å²) in [7, 11) is 0. The van der Waals surface area contributed by atoms with Gasteiger partial charge in [-0.3, -0.25) is 4.79 Å². The van der Waals surface area contributed by atoms with Crippen LogP contribution in [0.15, 0.2) is 0 Å². The van der Waals surface area contributed by atoms with Crippen molar-refractivity contribution in [3.8, 4) is 0 Å². The highest BCUT2D eigenvalue weighted by Crippen LogP contribution is 2.16. The standard InChI is InChI=1S/C10H20N2O/c11-8-10(13)12-9-6-4-2-1-3-5-7-9/h9H,1-8,11H2,(H,12,13). The maximum absolute atomic E-state index is 11.0. The molecule has 0 aromatic heterocycles. The van der Waals surface area contributed by atoms with Crippen LogP contribution in [0, 0.1) is 0 Å². The Kier molecular flexibility index (Phi) is 4.83. The summed E-state index contributed by atoms with van der Waals surface area (Å²) in [5.41, 5.74) is 5.25. The molecule has 0 spiro atoms. The van der Waals surface area contributed by atoms with Gasteiger partial charge in [-0.1, -0.05) is 32.1 Å². The third-order valence-corrected chi connectivity index (χ3v) is 2.66. The van der Waals surface area contributed by atoms with Crippen LogP contribution in [0.5, 0.6) is 0 Å². The highest BCUT2D eigenvalue weighted by molar-refractivity contribution is 5.78.